The molecule has 138 valence electrons. The molecule has 1 aromatic heterocycles. The standard InChI is InChI=1S/C24H36S/c1-7-13-15-19(9-3)17-21-22(18-20(10-4)16-14-8-2)24(12-6)25-23(21)11-5/h5-6,19-20H,7-10,13-18H2,1-4H3. The molecule has 0 saturated heterocycles. The van der Waals surface area contributed by atoms with E-state index in [1.807, 2.05) is 0 Å². The summed E-state index contributed by atoms with van der Waals surface area (Å²) >= 11 is 1.67. The van der Waals surface area contributed by atoms with E-state index in [9.17, 15) is 0 Å². The van der Waals surface area contributed by atoms with E-state index in [1.165, 1.54) is 62.5 Å². The monoisotopic (exact) mass is 356 g/mol. The van der Waals surface area contributed by atoms with E-state index >= 15 is 0 Å². The number of thiophene rings is 1. The fraction of sp³-hybridized carbons (Fsp3) is 0.667. The van der Waals surface area contributed by atoms with E-state index < -0.39 is 0 Å². The summed E-state index contributed by atoms with van der Waals surface area (Å²) in [6.45, 7) is 9.15. The van der Waals surface area contributed by atoms with Crippen LogP contribution in [0.25, 0.3) is 0 Å². The minimum absolute atomic E-state index is 0.724. The second kappa shape index (κ2) is 12.2. The van der Waals surface area contributed by atoms with Gasteiger partial charge in [-0.05, 0) is 35.8 Å². The van der Waals surface area contributed by atoms with Gasteiger partial charge >= 0.3 is 0 Å². The first-order valence-electron chi connectivity index (χ1n) is 10.2. The summed E-state index contributed by atoms with van der Waals surface area (Å²) in [6, 6.07) is 0. The zero-order chi connectivity index (χ0) is 18.7. The van der Waals surface area contributed by atoms with Crippen LogP contribution in [-0.4, -0.2) is 0 Å². The zero-order valence-electron chi connectivity index (χ0n) is 16.8. The Morgan fingerprint density at radius 1 is 0.760 bits per heavy atom. The van der Waals surface area contributed by atoms with Gasteiger partial charge in [0.2, 0.25) is 0 Å². The van der Waals surface area contributed by atoms with Crippen LogP contribution in [0.2, 0.25) is 0 Å². The molecular weight excluding hydrogens is 320 g/mol. The fourth-order valence-corrected chi connectivity index (χ4v) is 4.61. The van der Waals surface area contributed by atoms with Crippen LogP contribution in [0, 0.1) is 36.5 Å². The minimum atomic E-state index is 0.724. The molecule has 2 unspecified atom stereocenters. The highest BCUT2D eigenvalue weighted by Crippen LogP contribution is 2.34. The predicted octanol–water partition coefficient (Wildman–Crippen LogP) is 7.23. The molecule has 0 saturated carbocycles. The first-order valence-corrected chi connectivity index (χ1v) is 11.0. The van der Waals surface area contributed by atoms with Gasteiger partial charge in [0.1, 0.15) is 0 Å². The van der Waals surface area contributed by atoms with Gasteiger partial charge in [-0.3, -0.25) is 0 Å². The Hall–Kier alpha value is -1.18. The molecule has 0 amide bonds. The van der Waals surface area contributed by atoms with Gasteiger partial charge < -0.3 is 0 Å². The van der Waals surface area contributed by atoms with E-state index in [0.717, 1.165) is 34.4 Å². The molecule has 0 fully saturated rings. The van der Waals surface area contributed by atoms with Crippen molar-refractivity contribution < 1.29 is 0 Å². The number of unbranched alkanes of at least 4 members (excludes halogenated alkanes) is 2. The molecule has 25 heavy (non-hydrogen) atoms. The third-order valence-corrected chi connectivity index (χ3v) is 6.59. The highest BCUT2D eigenvalue weighted by atomic mass is 32.1. The van der Waals surface area contributed by atoms with Gasteiger partial charge in [-0.15, -0.1) is 24.2 Å². The Bertz CT molecular complexity index is 528. The first kappa shape index (κ1) is 21.9. The summed E-state index contributed by atoms with van der Waals surface area (Å²) in [5.74, 6) is 7.31. The minimum Gasteiger partial charge on any atom is -0.117 e. The Morgan fingerprint density at radius 3 is 1.44 bits per heavy atom. The molecule has 0 spiro atoms. The van der Waals surface area contributed by atoms with E-state index in [0.29, 0.717) is 0 Å². The Balaban J connectivity index is 3.10. The highest BCUT2D eigenvalue weighted by molar-refractivity contribution is 7.13. The molecule has 0 bridgehead atoms. The summed E-state index contributed by atoms with van der Waals surface area (Å²) in [4.78, 5) is 2.17. The number of hydrogen-bond donors (Lipinski definition) is 0. The summed E-state index contributed by atoms with van der Waals surface area (Å²) in [6.07, 6.45) is 24.1. The highest BCUT2D eigenvalue weighted by Gasteiger charge is 2.21. The first-order chi connectivity index (χ1) is 12.1. The van der Waals surface area contributed by atoms with Crippen LogP contribution < -0.4 is 0 Å². The van der Waals surface area contributed by atoms with Crippen molar-refractivity contribution in [2.75, 3.05) is 0 Å². The van der Waals surface area contributed by atoms with Gasteiger partial charge in [-0.2, -0.15) is 0 Å². The summed E-state index contributed by atoms with van der Waals surface area (Å²) in [5, 5.41) is 0. The second-order valence-corrected chi connectivity index (χ2v) is 8.27. The SMILES string of the molecule is C#Cc1sc(C#C)c(CC(CC)CCCC)c1CC(CC)CCCC. The largest absolute Gasteiger partial charge is 0.117 e. The maximum atomic E-state index is 5.84. The quantitative estimate of drug-likeness (QED) is 0.347. The molecule has 0 radical (unpaired) electrons. The molecular formula is C24H36S. The lowest BCUT2D eigenvalue weighted by Gasteiger charge is -2.19. The lowest BCUT2D eigenvalue weighted by atomic mass is 9.85. The van der Waals surface area contributed by atoms with E-state index in [-0.39, 0.29) is 0 Å². The van der Waals surface area contributed by atoms with Crippen molar-refractivity contribution >= 4 is 11.3 Å². The molecule has 1 aromatic rings. The lowest BCUT2D eigenvalue weighted by Crippen LogP contribution is -2.10. The van der Waals surface area contributed by atoms with Crippen molar-refractivity contribution in [2.45, 2.75) is 91.9 Å². The second-order valence-electron chi connectivity index (χ2n) is 7.25. The third kappa shape index (κ3) is 6.56. The topological polar surface area (TPSA) is 0 Å². The normalized spacial score (nSPS) is 13.2. The van der Waals surface area contributed by atoms with Crippen molar-refractivity contribution in [2.24, 2.45) is 11.8 Å². The van der Waals surface area contributed by atoms with Crippen LogP contribution in [0.3, 0.4) is 0 Å². The van der Waals surface area contributed by atoms with Crippen LogP contribution in [0.5, 0.6) is 0 Å². The van der Waals surface area contributed by atoms with Crippen LogP contribution in [-0.2, 0) is 12.8 Å². The third-order valence-electron chi connectivity index (χ3n) is 5.45. The molecule has 1 heteroatoms. The van der Waals surface area contributed by atoms with Crippen molar-refractivity contribution in [3.8, 4) is 24.7 Å². The van der Waals surface area contributed by atoms with E-state index in [1.54, 1.807) is 11.3 Å². The van der Waals surface area contributed by atoms with Gasteiger partial charge in [0.25, 0.3) is 0 Å². The number of hydrogen-bond acceptors (Lipinski definition) is 1. The maximum absolute atomic E-state index is 5.84. The Labute approximate surface area is 160 Å². The maximum Gasteiger partial charge on any atom is 0.0814 e. The summed E-state index contributed by atoms with van der Waals surface area (Å²) < 4.78 is 0. The summed E-state index contributed by atoms with van der Waals surface area (Å²) in [7, 11) is 0. The van der Waals surface area contributed by atoms with E-state index in [2.05, 4.69) is 39.5 Å². The smallest absolute Gasteiger partial charge is 0.0814 e. The molecule has 0 aromatic carbocycles. The molecule has 0 aliphatic rings. The average molecular weight is 357 g/mol. The lowest BCUT2D eigenvalue weighted by molar-refractivity contribution is 0.435. The van der Waals surface area contributed by atoms with Gasteiger partial charge in [-0.25, -0.2) is 0 Å². The Morgan fingerprint density at radius 2 is 1.16 bits per heavy atom. The molecule has 0 aliphatic carbocycles. The van der Waals surface area contributed by atoms with Gasteiger partial charge in [0.05, 0.1) is 9.75 Å². The fourth-order valence-electron chi connectivity index (χ4n) is 3.63. The number of terminal acetylenes is 2. The van der Waals surface area contributed by atoms with Gasteiger partial charge in [0, 0.05) is 0 Å². The summed E-state index contributed by atoms with van der Waals surface area (Å²) in [5.41, 5.74) is 2.80. The van der Waals surface area contributed by atoms with Crippen molar-refractivity contribution in [3.05, 3.63) is 20.9 Å². The molecule has 0 aliphatic heterocycles. The Kier molecular flexibility index (Phi) is 10.7. The molecule has 0 N–H and O–H groups in total. The molecule has 2 atom stereocenters. The van der Waals surface area contributed by atoms with Crippen molar-refractivity contribution in [1.82, 2.24) is 0 Å². The predicted molar refractivity (Wildman–Crippen MR) is 114 cm³/mol. The average Bonchev–Trinajstić information content (AvgIpc) is 2.98. The number of rotatable bonds is 12. The zero-order valence-corrected chi connectivity index (χ0v) is 17.6. The molecule has 1 heterocycles. The van der Waals surface area contributed by atoms with Crippen molar-refractivity contribution in [3.63, 3.8) is 0 Å². The van der Waals surface area contributed by atoms with Gasteiger partial charge in [-0.1, -0.05) is 90.9 Å². The van der Waals surface area contributed by atoms with Crippen molar-refractivity contribution in [1.29, 1.82) is 0 Å². The van der Waals surface area contributed by atoms with E-state index in [4.69, 9.17) is 12.8 Å². The van der Waals surface area contributed by atoms with Crippen LogP contribution in [0.1, 0.15) is 99.9 Å². The van der Waals surface area contributed by atoms with Crippen LogP contribution in [0.15, 0.2) is 0 Å². The molecule has 1 rings (SSSR count). The van der Waals surface area contributed by atoms with Crippen LogP contribution >= 0.6 is 11.3 Å². The van der Waals surface area contributed by atoms with Crippen LogP contribution in [0.4, 0.5) is 0 Å². The molecule has 0 nitrogen and oxygen atoms in total. The van der Waals surface area contributed by atoms with Gasteiger partial charge in [0.15, 0.2) is 0 Å².